The number of fused-ring (bicyclic) bond motifs is 1. The van der Waals surface area contributed by atoms with Gasteiger partial charge in [-0.15, -0.1) is 11.3 Å². The number of para-hydroxylation sites is 2. The van der Waals surface area contributed by atoms with Crippen molar-refractivity contribution in [2.75, 3.05) is 0 Å². The quantitative estimate of drug-likeness (QED) is 0.674. The molecule has 0 spiro atoms. The molecular weight excluding hydrogens is 276 g/mol. The van der Waals surface area contributed by atoms with Gasteiger partial charge in [0.25, 0.3) is 5.22 Å². The van der Waals surface area contributed by atoms with Gasteiger partial charge >= 0.3 is 0 Å². The lowest BCUT2D eigenvalue weighted by molar-refractivity contribution is 0.489. The molecule has 0 radical (unpaired) electrons. The summed E-state index contributed by atoms with van der Waals surface area (Å²) in [7, 11) is 0. The Morgan fingerprint density at radius 1 is 1.35 bits per heavy atom. The molecule has 1 aromatic carbocycles. The van der Waals surface area contributed by atoms with Crippen molar-refractivity contribution in [3.63, 3.8) is 0 Å². The topological polar surface area (TPSA) is 38.9 Å². The van der Waals surface area contributed by atoms with E-state index in [2.05, 4.69) is 9.97 Å². The lowest BCUT2D eigenvalue weighted by Crippen LogP contribution is -1.73. The lowest BCUT2D eigenvalue weighted by Gasteiger charge is -1.90. The van der Waals surface area contributed by atoms with Crippen LogP contribution in [-0.4, -0.2) is 9.97 Å². The normalized spacial score (nSPS) is 11.1. The van der Waals surface area contributed by atoms with E-state index in [-0.39, 0.29) is 0 Å². The van der Waals surface area contributed by atoms with Gasteiger partial charge in [0.05, 0.1) is 0 Å². The molecule has 3 rings (SSSR count). The van der Waals surface area contributed by atoms with E-state index in [1.54, 1.807) is 18.0 Å². The first-order valence-corrected chi connectivity index (χ1v) is 7.08. The maximum absolute atomic E-state index is 5.77. The van der Waals surface area contributed by atoms with Crippen molar-refractivity contribution >= 4 is 45.8 Å². The molecule has 2 aromatic heterocycles. The molecule has 0 bridgehead atoms. The number of benzene rings is 1. The third kappa shape index (κ3) is 2.46. The molecule has 3 nitrogen and oxygen atoms in total. The number of hydrogen-bond donors (Lipinski definition) is 0. The Bertz CT molecular complexity index is 617. The van der Waals surface area contributed by atoms with Gasteiger partial charge in [0, 0.05) is 16.8 Å². The van der Waals surface area contributed by atoms with Crippen molar-refractivity contribution < 1.29 is 4.42 Å². The zero-order valence-corrected chi connectivity index (χ0v) is 11.0. The Labute approximate surface area is 111 Å². The van der Waals surface area contributed by atoms with Crippen molar-refractivity contribution in [3.8, 4) is 0 Å². The summed E-state index contributed by atoms with van der Waals surface area (Å²) in [6, 6.07) is 7.73. The molecule has 0 saturated heterocycles. The van der Waals surface area contributed by atoms with Crippen molar-refractivity contribution in [1.29, 1.82) is 0 Å². The second-order valence-electron chi connectivity index (χ2n) is 3.32. The maximum Gasteiger partial charge on any atom is 0.257 e. The fourth-order valence-corrected chi connectivity index (χ4v) is 3.23. The molecule has 0 aliphatic carbocycles. The Morgan fingerprint density at radius 3 is 3.00 bits per heavy atom. The average molecular weight is 283 g/mol. The van der Waals surface area contributed by atoms with E-state index in [9.17, 15) is 0 Å². The van der Waals surface area contributed by atoms with Crippen molar-refractivity contribution in [2.45, 2.75) is 11.0 Å². The fourth-order valence-electron chi connectivity index (χ4n) is 1.40. The molecule has 0 saturated carbocycles. The molecule has 0 fully saturated rings. The van der Waals surface area contributed by atoms with Crippen LogP contribution in [0.5, 0.6) is 0 Å². The number of thioether (sulfide) groups is 1. The van der Waals surface area contributed by atoms with Gasteiger partial charge in [-0.25, -0.2) is 9.97 Å². The molecule has 3 aromatic rings. The predicted octanol–water partition coefficient (Wildman–Crippen LogP) is 4.23. The van der Waals surface area contributed by atoms with Crippen LogP contribution in [0.3, 0.4) is 0 Å². The van der Waals surface area contributed by atoms with Crippen LogP contribution in [0, 0.1) is 0 Å². The minimum absolute atomic E-state index is 0.568. The Hall–Kier alpha value is -1.04. The second-order valence-corrected chi connectivity index (χ2v) is 5.94. The summed E-state index contributed by atoms with van der Waals surface area (Å²) in [5.41, 5.74) is 1.70. The van der Waals surface area contributed by atoms with Crippen molar-refractivity contribution in [3.05, 3.63) is 39.8 Å². The maximum atomic E-state index is 5.77. The first kappa shape index (κ1) is 11.1. The third-order valence-corrected chi connectivity index (χ3v) is 4.31. The number of halogens is 1. The van der Waals surface area contributed by atoms with E-state index in [1.807, 2.05) is 24.3 Å². The van der Waals surface area contributed by atoms with Crippen LogP contribution in [0.2, 0.25) is 4.47 Å². The zero-order valence-electron chi connectivity index (χ0n) is 8.59. The summed E-state index contributed by atoms with van der Waals surface area (Å²) < 4.78 is 6.17. The summed E-state index contributed by atoms with van der Waals surface area (Å²) in [6.45, 7) is 0. The second kappa shape index (κ2) is 4.68. The molecule has 0 aliphatic heterocycles. The molecule has 0 aliphatic rings. The predicted molar refractivity (Wildman–Crippen MR) is 70.7 cm³/mol. The SMILES string of the molecule is Clc1ncc(CSc2nc3ccccc3o2)s1. The summed E-state index contributed by atoms with van der Waals surface area (Å²) in [5.74, 6) is 0.775. The molecule has 0 unspecified atom stereocenters. The first-order valence-electron chi connectivity index (χ1n) is 4.90. The summed E-state index contributed by atoms with van der Waals surface area (Å²) in [4.78, 5) is 9.49. The van der Waals surface area contributed by atoms with Crippen molar-refractivity contribution in [2.24, 2.45) is 0 Å². The first-order chi connectivity index (χ1) is 8.31. The highest BCUT2D eigenvalue weighted by atomic mass is 35.5. The van der Waals surface area contributed by atoms with Gasteiger partial charge in [0.2, 0.25) is 0 Å². The van der Waals surface area contributed by atoms with E-state index < -0.39 is 0 Å². The van der Waals surface area contributed by atoms with Gasteiger partial charge in [-0.2, -0.15) is 0 Å². The minimum Gasteiger partial charge on any atom is -0.431 e. The van der Waals surface area contributed by atoms with Crippen LogP contribution in [0.15, 0.2) is 40.1 Å². The molecule has 0 atom stereocenters. The molecule has 2 heterocycles. The monoisotopic (exact) mass is 282 g/mol. The molecule has 0 amide bonds. The molecule has 86 valence electrons. The number of oxazole rings is 1. The van der Waals surface area contributed by atoms with Gasteiger partial charge in [-0.3, -0.25) is 0 Å². The van der Waals surface area contributed by atoms with Gasteiger partial charge < -0.3 is 4.42 Å². The van der Waals surface area contributed by atoms with Crippen LogP contribution in [0.25, 0.3) is 11.1 Å². The molecule has 0 N–H and O–H groups in total. The minimum atomic E-state index is 0.568. The number of rotatable bonds is 3. The van der Waals surface area contributed by atoms with E-state index in [0.717, 1.165) is 21.7 Å². The van der Waals surface area contributed by atoms with Gasteiger partial charge in [0.1, 0.15) is 5.52 Å². The summed E-state index contributed by atoms with van der Waals surface area (Å²) >= 11 is 8.79. The van der Waals surface area contributed by atoms with Gasteiger partial charge in [-0.1, -0.05) is 35.5 Å². The van der Waals surface area contributed by atoms with Gasteiger partial charge in [0.15, 0.2) is 10.0 Å². The average Bonchev–Trinajstić information content (AvgIpc) is 2.91. The summed E-state index contributed by atoms with van der Waals surface area (Å²) in [5, 5.41) is 0.677. The van der Waals surface area contributed by atoms with E-state index >= 15 is 0 Å². The van der Waals surface area contributed by atoms with Crippen LogP contribution in [0.4, 0.5) is 0 Å². The van der Waals surface area contributed by atoms with Crippen LogP contribution < -0.4 is 0 Å². The Balaban J connectivity index is 1.76. The Kier molecular flexibility index (Phi) is 3.05. The molecule has 6 heteroatoms. The lowest BCUT2D eigenvalue weighted by atomic mass is 10.3. The highest BCUT2D eigenvalue weighted by molar-refractivity contribution is 7.98. The van der Waals surface area contributed by atoms with Crippen LogP contribution in [-0.2, 0) is 5.75 Å². The number of nitrogens with zero attached hydrogens (tertiary/aromatic N) is 2. The van der Waals surface area contributed by atoms with Crippen molar-refractivity contribution in [1.82, 2.24) is 9.97 Å². The van der Waals surface area contributed by atoms with Crippen LogP contribution in [0.1, 0.15) is 4.88 Å². The number of hydrogen-bond acceptors (Lipinski definition) is 5. The smallest absolute Gasteiger partial charge is 0.257 e. The van der Waals surface area contributed by atoms with E-state index in [4.69, 9.17) is 16.0 Å². The summed E-state index contributed by atoms with van der Waals surface area (Å²) in [6.07, 6.45) is 1.78. The highest BCUT2D eigenvalue weighted by Gasteiger charge is 2.07. The third-order valence-electron chi connectivity index (χ3n) is 2.14. The van der Waals surface area contributed by atoms with E-state index in [1.165, 1.54) is 11.3 Å². The Morgan fingerprint density at radius 2 is 2.24 bits per heavy atom. The fraction of sp³-hybridized carbons (Fsp3) is 0.0909. The molecular formula is C11H7ClN2OS2. The van der Waals surface area contributed by atoms with E-state index in [0.29, 0.717) is 9.69 Å². The standard InChI is InChI=1S/C11H7ClN2OS2/c12-10-13-5-7(17-10)6-16-11-14-8-3-1-2-4-9(8)15-11/h1-5H,6H2. The van der Waals surface area contributed by atoms with Gasteiger partial charge in [-0.05, 0) is 12.1 Å². The zero-order chi connectivity index (χ0) is 11.7. The molecule has 17 heavy (non-hydrogen) atoms. The van der Waals surface area contributed by atoms with Crippen LogP contribution >= 0.6 is 34.7 Å². The number of thiazole rings is 1. The highest BCUT2D eigenvalue weighted by Crippen LogP contribution is 2.28. The number of aromatic nitrogens is 2. The largest absolute Gasteiger partial charge is 0.431 e.